The fourth-order valence-electron chi connectivity index (χ4n) is 4.37. The summed E-state index contributed by atoms with van der Waals surface area (Å²) >= 11 is 3.39. The van der Waals surface area contributed by atoms with Gasteiger partial charge in [-0.3, -0.25) is 9.59 Å². The summed E-state index contributed by atoms with van der Waals surface area (Å²) in [7, 11) is -1.86. The summed E-state index contributed by atoms with van der Waals surface area (Å²) < 4.78 is 6.23. The lowest BCUT2D eigenvalue weighted by atomic mass is 9.75. The zero-order chi connectivity index (χ0) is 30.1. The molecule has 12 heteroatoms. The summed E-state index contributed by atoms with van der Waals surface area (Å²) in [6, 6.07) is 12.8. The third-order valence-corrected chi connectivity index (χ3v) is 6.93. The monoisotopic (exact) mass is 626 g/mol. The van der Waals surface area contributed by atoms with Gasteiger partial charge in [-0.1, -0.05) is 72.3 Å². The number of halogens is 1. The summed E-state index contributed by atoms with van der Waals surface area (Å²) in [6.07, 6.45) is 1.38. The fraction of sp³-hybridized carbons (Fsp3) is 0.345. The first-order chi connectivity index (χ1) is 19.4. The minimum Gasteiger partial charge on any atom is -0.445 e. The molecule has 0 bridgehead atoms. The van der Waals surface area contributed by atoms with Crippen molar-refractivity contribution in [2.75, 3.05) is 0 Å². The van der Waals surface area contributed by atoms with E-state index in [9.17, 15) is 24.4 Å². The first kappa shape index (κ1) is 31.9. The first-order valence-electron chi connectivity index (χ1n) is 13.3. The van der Waals surface area contributed by atoms with E-state index in [2.05, 4.69) is 43.4 Å². The molecular formula is C29H36BBrN4O6. The van der Waals surface area contributed by atoms with Crippen LogP contribution in [-0.2, 0) is 27.4 Å². The maximum Gasteiger partial charge on any atom is 0.479 e. The van der Waals surface area contributed by atoms with E-state index in [1.54, 1.807) is 13.1 Å². The first-order valence-corrected chi connectivity index (χ1v) is 14.1. The van der Waals surface area contributed by atoms with Crippen LogP contribution in [0, 0.1) is 5.92 Å². The molecule has 0 aliphatic carbocycles. The smallest absolute Gasteiger partial charge is 0.445 e. The average molecular weight is 627 g/mol. The predicted molar refractivity (Wildman–Crippen MR) is 162 cm³/mol. The van der Waals surface area contributed by atoms with Gasteiger partial charge in [0.15, 0.2) is 0 Å². The molecule has 2 aromatic carbocycles. The van der Waals surface area contributed by atoms with E-state index >= 15 is 0 Å². The average Bonchev–Trinajstić information content (AvgIpc) is 3.31. The Morgan fingerprint density at radius 3 is 2.39 bits per heavy atom. The molecule has 0 unspecified atom stereocenters. The molecule has 0 radical (unpaired) electrons. The Hall–Kier alpha value is -3.61. The van der Waals surface area contributed by atoms with Crippen molar-refractivity contribution in [3.8, 4) is 0 Å². The van der Waals surface area contributed by atoms with Crippen molar-refractivity contribution in [2.45, 2.75) is 58.2 Å². The number of carbonyl (C=O) groups excluding carboxylic acids is 3. The third kappa shape index (κ3) is 9.48. The largest absolute Gasteiger partial charge is 0.479 e. The quantitative estimate of drug-likeness (QED) is 0.126. The Balaban J connectivity index is 1.80. The van der Waals surface area contributed by atoms with Gasteiger partial charge in [0, 0.05) is 28.0 Å². The molecule has 218 valence electrons. The SMILES string of the molecule is C=C(C)[C@H](NC(=O)[C@H](CC(C)C)NC(=O)[C@H](Cc1c[nH]c2ccccc12)NC(=O)OCc1cccc(Br)c1)B(O)O. The third-order valence-electron chi connectivity index (χ3n) is 6.43. The molecule has 10 nitrogen and oxygen atoms in total. The molecule has 3 aromatic rings. The number of amides is 3. The van der Waals surface area contributed by atoms with Crippen LogP contribution in [0.4, 0.5) is 4.79 Å². The molecule has 3 rings (SSSR count). The van der Waals surface area contributed by atoms with E-state index in [1.807, 2.05) is 62.4 Å². The minimum absolute atomic E-state index is 0.00312. The molecule has 0 spiro atoms. The number of hydrogen-bond donors (Lipinski definition) is 6. The summed E-state index contributed by atoms with van der Waals surface area (Å²) in [5, 5.41) is 28.2. The lowest BCUT2D eigenvalue weighted by Crippen LogP contribution is -2.57. The molecule has 0 saturated heterocycles. The number of ether oxygens (including phenoxy) is 1. The molecule has 3 atom stereocenters. The van der Waals surface area contributed by atoms with Gasteiger partial charge in [0.25, 0.3) is 0 Å². The fourth-order valence-corrected chi connectivity index (χ4v) is 4.82. The Morgan fingerprint density at radius 2 is 1.73 bits per heavy atom. The van der Waals surface area contributed by atoms with E-state index < -0.39 is 43.1 Å². The topological polar surface area (TPSA) is 153 Å². The molecule has 3 amide bonds. The number of H-pyrrole nitrogens is 1. The van der Waals surface area contributed by atoms with Crippen LogP contribution < -0.4 is 16.0 Å². The van der Waals surface area contributed by atoms with Crippen LogP contribution in [0.5, 0.6) is 0 Å². The number of para-hydroxylation sites is 1. The Kier molecular flexibility index (Phi) is 11.6. The van der Waals surface area contributed by atoms with Crippen LogP contribution in [0.25, 0.3) is 10.9 Å². The molecule has 1 aromatic heterocycles. The molecule has 6 N–H and O–H groups in total. The standard InChI is InChI=1S/C29H36BBrN4O6/c1-17(2)12-24(28(37)35-26(18(3)4)30(39)40)33-27(36)25(14-20-15-32-23-11-6-5-10-22(20)23)34-29(38)41-16-19-8-7-9-21(31)13-19/h5-11,13,15,17,24-26,32,39-40H,3,12,14,16H2,1-2,4H3,(H,33,36)(H,34,38)(H,35,37)/t24-,25-,26-/m0/s1. The molecule has 1 heterocycles. The molecule has 0 fully saturated rings. The number of aromatic nitrogens is 1. The number of hydrogen-bond acceptors (Lipinski definition) is 6. The highest BCUT2D eigenvalue weighted by Crippen LogP contribution is 2.20. The molecular weight excluding hydrogens is 591 g/mol. The van der Waals surface area contributed by atoms with Gasteiger partial charge < -0.3 is 35.7 Å². The van der Waals surface area contributed by atoms with Gasteiger partial charge in [-0.25, -0.2) is 4.79 Å². The van der Waals surface area contributed by atoms with Crippen molar-refractivity contribution in [1.82, 2.24) is 20.9 Å². The van der Waals surface area contributed by atoms with Gasteiger partial charge >= 0.3 is 13.2 Å². The number of alkyl carbamates (subject to hydrolysis) is 1. The van der Waals surface area contributed by atoms with Gasteiger partial charge in [0.05, 0.1) is 5.94 Å². The Bertz CT molecular complexity index is 1380. The van der Waals surface area contributed by atoms with Crippen LogP contribution in [-0.4, -0.2) is 58.1 Å². The van der Waals surface area contributed by atoms with E-state index in [-0.39, 0.29) is 25.4 Å². The van der Waals surface area contributed by atoms with Gasteiger partial charge in [-0.05, 0) is 48.6 Å². The minimum atomic E-state index is -1.86. The van der Waals surface area contributed by atoms with E-state index in [4.69, 9.17) is 4.74 Å². The Morgan fingerprint density at radius 1 is 1.02 bits per heavy atom. The maximum atomic E-state index is 13.6. The van der Waals surface area contributed by atoms with Crippen molar-refractivity contribution < 1.29 is 29.2 Å². The van der Waals surface area contributed by atoms with Crippen molar-refractivity contribution in [3.05, 3.63) is 82.5 Å². The van der Waals surface area contributed by atoms with Crippen LogP contribution in [0.2, 0.25) is 0 Å². The second kappa shape index (κ2) is 14.9. The summed E-state index contributed by atoms with van der Waals surface area (Å²) in [5.41, 5.74) is 2.78. The summed E-state index contributed by atoms with van der Waals surface area (Å²) in [6.45, 7) is 9.03. The molecule has 0 aliphatic heterocycles. The zero-order valence-electron chi connectivity index (χ0n) is 23.3. The van der Waals surface area contributed by atoms with Gasteiger partial charge in [0.2, 0.25) is 11.8 Å². The molecule has 0 saturated carbocycles. The van der Waals surface area contributed by atoms with Crippen LogP contribution in [0.15, 0.2) is 71.4 Å². The highest BCUT2D eigenvalue weighted by Gasteiger charge is 2.32. The number of benzene rings is 2. The second-order valence-electron chi connectivity index (χ2n) is 10.4. The van der Waals surface area contributed by atoms with Crippen molar-refractivity contribution in [1.29, 1.82) is 0 Å². The van der Waals surface area contributed by atoms with Crippen LogP contribution in [0.1, 0.15) is 38.3 Å². The number of carbonyl (C=O) groups is 3. The van der Waals surface area contributed by atoms with Gasteiger partial charge in [-0.2, -0.15) is 0 Å². The van der Waals surface area contributed by atoms with Crippen molar-refractivity contribution in [2.24, 2.45) is 5.92 Å². The number of nitrogens with one attached hydrogen (secondary N) is 4. The summed E-state index contributed by atoms with van der Waals surface area (Å²) in [4.78, 5) is 42.8. The lowest BCUT2D eigenvalue weighted by Gasteiger charge is -2.26. The highest BCUT2D eigenvalue weighted by molar-refractivity contribution is 9.10. The lowest BCUT2D eigenvalue weighted by molar-refractivity contribution is -0.130. The zero-order valence-corrected chi connectivity index (χ0v) is 24.9. The normalized spacial score (nSPS) is 13.2. The number of rotatable bonds is 13. The van der Waals surface area contributed by atoms with Crippen molar-refractivity contribution in [3.63, 3.8) is 0 Å². The van der Waals surface area contributed by atoms with Crippen LogP contribution in [0.3, 0.4) is 0 Å². The van der Waals surface area contributed by atoms with E-state index in [1.165, 1.54) is 0 Å². The van der Waals surface area contributed by atoms with Crippen LogP contribution >= 0.6 is 15.9 Å². The van der Waals surface area contributed by atoms with Crippen molar-refractivity contribution >= 4 is 51.9 Å². The number of fused-ring (bicyclic) bond motifs is 1. The second-order valence-corrected chi connectivity index (χ2v) is 11.3. The van der Waals surface area contributed by atoms with Gasteiger partial charge in [0.1, 0.15) is 18.7 Å². The Labute approximate surface area is 248 Å². The number of aromatic amines is 1. The maximum absolute atomic E-state index is 13.6. The molecule has 41 heavy (non-hydrogen) atoms. The van der Waals surface area contributed by atoms with E-state index in [0.29, 0.717) is 5.57 Å². The molecule has 0 aliphatic rings. The van der Waals surface area contributed by atoms with E-state index in [0.717, 1.165) is 26.5 Å². The van der Waals surface area contributed by atoms with Gasteiger partial charge in [-0.15, -0.1) is 0 Å². The predicted octanol–water partition coefficient (Wildman–Crippen LogP) is 3.37. The summed E-state index contributed by atoms with van der Waals surface area (Å²) in [5.74, 6) is -2.28. The highest BCUT2D eigenvalue weighted by atomic mass is 79.9.